The van der Waals surface area contributed by atoms with Gasteiger partial charge in [0.1, 0.15) is 5.78 Å². The van der Waals surface area contributed by atoms with Gasteiger partial charge in [-0.25, -0.2) is 0 Å². The normalized spacial score (nSPS) is 11.8. The molecule has 0 aliphatic heterocycles. The van der Waals surface area contributed by atoms with Gasteiger partial charge in [0, 0.05) is 13.3 Å². The molecule has 0 aliphatic rings. The molecule has 0 amide bonds. The number of aliphatic hydroxyl groups is 1. The lowest BCUT2D eigenvalue weighted by atomic mass is 10.1. The van der Waals surface area contributed by atoms with Crippen molar-refractivity contribution in [3.63, 3.8) is 0 Å². The maximum atomic E-state index is 10.5. The van der Waals surface area contributed by atoms with Crippen LogP contribution in [-0.4, -0.2) is 10.9 Å². The van der Waals surface area contributed by atoms with Gasteiger partial charge >= 0.3 is 5.70 Å². The molecule has 4 heteroatoms. The zero-order valence-corrected chi connectivity index (χ0v) is 7.37. The second kappa shape index (κ2) is 5.30. The van der Waals surface area contributed by atoms with Gasteiger partial charge in [-0.05, 0) is 13.3 Å². The van der Waals surface area contributed by atoms with Gasteiger partial charge < -0.3 is 9.90 Å². The third-order valence-electron chi connectivity index (χ3n) is 1.48. The quantitative estimate of drug-likeness (QED) is 0.519. The molecule has 0 radical (unpaired) electrons. The van der Waals surface area contributed by atoms with Gasteiger partial charge in [0.15, 0.2) is 10.7 Å². The van der Waals surface area contributed by atoms with E-state index < -0.39 is 0 Å². The van der Waals surface area contributed by atoms with Crippen molar-refractivity contribution < 1.29 is 9.90 Å². The van der Waals surface area contributed by atoms with E-state index in [0.717, 1.165) is 0 Å². The maximum absolute atomic E-state index is 10.5. The summed E-state index contributed by atoms with van der Waals surface area (Å²) in [6.07, 6.45) is 1.48. The second-order valence-electron chi connectivity index (χ2n) is 2.69. The molecule has 0 aromatic heterocycles. The van der Waals surface area contributed by atoms with Gasteiger partial charge in [-0.1, -0.05) is 0 Å². The summed E-state index contributed by atoms with van der Waals surface area (Å²) in [7, 11) is 0. The van der Waals surface area contributed by atoms with E-state index in [1.807, 2.05) is 0 Å². The molecule has 0 unspecified atom stereocenters. The molecule has 0 atom stereocenters. The highest BCUT2D eigenvalue weighted by molar-refractivity contribution is 5.75. The van der Waals surface area contributed by atoms with Crippen LogP contribution >= 0.6 is 0 Å². The number of nitrogens with zero attached hydrogens (tertiary/aromatic N) is 2. The minimum atomic E-state index is 0.000974. The summed E-state index contributed by atoms with van der Waals surface area (Å²) >= 11 is 0. The van der Waals surface area contributed by atoms with Crippen LogP contribution in [-0.2, 0) is 4.79 Å². The number of rotatable bonds is 4. The molecule has 0 aromatic carbocycles. The third kappa shape index (κ3) is 4.45. The molecule has 0 fully saturated rings. The molecule has 0 saturated carbocycles. The Hall–Kier alpha value is -1.37. The van der Waals surface area contributed by atoms with Gasteiger partial charge in [0.2, 0.25) is 5.39 Å². The third-order valence-corrected chi connectivity index (χ3v) is 1.48. The van der Waals surface area contributed by atoms with Crippen molar-refractivity contribution in [1.82, 2.24) is 0 Å². The minimum absolute atomic E-state index is 0.000974. The number of Topliss-reactive ketones (excluding diaryl/α,β-unsaturated/α-hetero) is 1. The number of diazo groups is 1. The molecule has 0 aliphatic carbocycles. The molecule has 0 bridgehead atoms. The highest BCUT2D eigenvalue weighted by Gasteiger charge is 2.14. The van der Waals surface area contributed by atoms with Crippen molar-refractivity contribution in [1.29, 1.82) is 5.39 Å². The molecule has 1 N–H and O–H groups in total. The van der Waals surface area contributed by atoms with Gasteiger partial charge in [0.25, 0.3) is 0 Å². The summed E-state index contributed by atoms with van der Waals surface area (Å²) in [5.74, 6) is 0.101. The molecule has 66 valence electrons. The average molecular weight is 169 g/mol. The van der Waals surface area contributed by atoms with Gasteiger partial charge in [-0.3, -0.25) is 0 Å². The molecule has 0 saturated heterocycles. The Morgan fingerprint density at radius 2 is 2.00 bits per heavy atom. The highest BCUT2D eigenvalue weighted by atomic mass is 16.3. The SMILES string of the molecule is CC(=O)CCC/C([N+]#N)=C(/C)O. The number of carbonyl (C=O) groups excluding carboxylic acids is 1. The summed E-state index contributed by atoms with van der Waals surface area (Å²) in [5, 5.41) is 17.3. The van der Waals surface area contributed by atoms with Crippen LogP contribution < -0.4 is 0 Å². The van der Waals surface area contributed by atoms with E-state index in [1.165, 1.54) is 13.8 Å². The van der Waals surface area contributed by atoms with E-state index >= 15 is 0 Å². The predicted molar refractivity (Wildman–Crippen MR) is 44.9 cm³/mol. The van der Waals surface area contributed by atoms with Crippen molar-refractivity contribution in [2.24, 2.45) is 0 Å². The van der Waals surface area contributed by atoms with Crippen LogP contribution in [0.15, 0.2) is 11.5 Å². The molecule has 0 aromatic rings. The molecule has 12 heavy (non-hydrogen) atoms. The zero-order chi connectivity index (χ0) is 9.56. The molecule has 0 rings (SSSR count). The van der Waals surface area contributed by atoms with Crippen molar-refractivity contribution in [3.05, 3.63) is 16.4 Å². The fraction of sp³-hybridized carbons (Fsp3) is 0.625. The lowest BCUT2D eigenvalue weighted by molar-refractivity contribution is -0.117. The number of hydrogen-bond donors (Lipinski definition) is 1. The van der Waals surface area contributed by atoms with Crippen LogP contribution in [0.25, 0.3) is 4.98 Å². The van der Waals surface area contributed by atoms with Crippen molar-refractivity contribution in [2.75, 3.05) is 0 Å². The first-order valence-electron chi connectivity index (χ1n) is 3.81. The summed E-state index contributed by atoms with van der Waals surface area (Å²) in [6, 6.07) is 0. The van der Waals surface area contributed by atoms with Crippen molar-refractivity contribution in [3.8, 4) is 0 Å². The Balaban J connectivity index is 3.86. The average Bonchev–Trinajstić information content (AvgIpc) is 1.96. The van der Waals surface area contributed by atoms with E-state index in [-0.39, 0.29) is 17.2 Å². The Morgan fingerprint density at radius 1 is 1.42 bits per heavy atom. The van der Waals surface area contributed by atoms with E-state index in [4.69, 9.17) is 10.5 Å². The van der Waals surface area contributed by atoms with Crippen molar-refractivity contribution in [2.45, 2.75) is 33.1 Å². The zero-order valence-electron chi connectivity index (χ0n) is 7.37. The summed E-state index contributed by atoms with van der Waals surface area (Å²) in [5.41, 5.74) is 0.247. The van der Waals surface area contributed by atoms with Crippen LogP contribution in [0.3, 0.4) is 0 Å². The molecule has 0 spiro atoms. The second-order valence-corrected chi connectivity index (χ2v) is 2.69. The van der Waals surface area contributed by atoms with E-state index in [1.54, 1.807) is 0 Å². The summed E-state index contributed by atoms with van der Waals surface area (Å²) < 4.78 is 0. The highest BCUT2D eigenvalue weighted by Crippen LogP contribution is 2.12. The lowest BCUT2D eigenvalue weighted by Gasteiger charge is -1.89. The fourth-order valence-corrected chi connectivity index (χ4v) is 0.808. The summed E-state index contributed by atoms with van der Waals surface area (Å²) in [4.78, 5) is 13.4. The van der Waals surface area contributed by atoms with E-state index in [0.29, 0.717) is 19.3 Å². The van der Waals surface area contributed by atoms with E-state index in [2.05, 4.69) is 4.98 Å². The minimum Gasteiger partial charge on any atom is -0.505 e. The Bertz CT molecular complexity index is 234. The maximum Gasteiger partial charge on any atom is 0.398 e. The number of hydrogen-bond acceptors (Lipinski definition) is 3. The monoisotopic (exact) mass is 169 g/mol. The van der Waals surface area contributed by atoms with Crippen molar-refractivity contribution >= 4 is 5.78 Å². The molecular weight excluding hydrogens is 156 g/mol. The van der Waals surface area contributed by atoms with Gasteiger partial charge in [-0.2, -0.15) is 0 Å². The largest absolute Gasteiger partial charge is 0.505 e. The van der Waals surface area contributed by atoms with Crippen LogP contribution in [0, 0.1) is 5.39 Å². The topological polar surface area (TPSA) is 65.5 Å². The van der Waals surface area contributed by atoms with E-state index in [9.17, 15) is 4.79 Å². The van der Waals surface area contributed by atoms with Crippen LogP contribution in [0.1, 0.15) is 33.1 Å². The van der Waals surface area contributed by atoms with Crippen LogP contribution in [0.5, 0.6) is 0 Å². The lowest BCUT2D eigenvalue weighted by Crippen LogP contribution is -1.91. The number of ketones is 1. The summed E-state index contributed by atoms with van der Waals surface area (Å²) in [6.45, 7) is 2.95. The first kappa shape index (κ1) is 10.6. The van der Waals surface area contributed by atoms with Crippen LogP contribution in [0.4, 0.5) is 0 Å². The molecule has 0 heterocycles. The number of carbonyl (C=O) groups is 1. The standard InChI is InChI=1S/C8H12N2O2/c1-6(11)4-3-5-8(10-9)7(2)12/h3-5H2,1-2H3/p+1/b8-7+. The Morgan fingerprint density at radius 3 is 2.33 bits per heavy atom. The van der Waals surface area contributed by atoms with Gasteiger partial charge in [0.05, 0.1) is 6.42 Å². The first-order valence-corrected chi connectivity index (χ1v) is 3.81. The predicted octanol–water partition coefficient (Wildman–Crippen LogP) is 2.39. The molecular formula is C8H13N2O2+. The Labute approximate surface area is 71.5 Å². The fourth-order valence-electron chi connectivity index (χ4n) is 0.808. The van der Waals surface area contributed by atoms with Gasteiger partial charge in [-0.15, -0.1) is 0 Å². The van der Waals surface area contributed by atoms with Crippen LogP contribution in [0.2, 0.25) is 0 Å². The molecule has 4 nitrogen and oxygen atoms in total. The smallest absolute Gasteiger partial charge is 0.398 e. The first-order chi connectivity index (χ1) is 5.57. The Kier molecular flexibility index (Phi) is 4.70. The number of aliphatic hydroxyl groups excluding tert-OH is 1. The number of allylic oxidation sites excluding steroid dienone is 2.